The third-order valence-corrected chi connectivity index (χ3v) is 3.40. The molecular weight excluding hydrogens is 240 g/mol. The molecule has 0 atom stereocenters. The van der Waals surface area contributed by atoms with Crippen LogP contribution in [0.15, 0.2) is 22.6 Å². The Labute approximate surface area is 104 Å². The van der Waals surface area contributed by atoms with Gasteiger partial charge in [-0.05, 0) is 25.0 Å². The van der Waals surface area contributed by atoms with Crippen LogP contribution in [-0.4, -0.2) is 18.2 Å². The first-order valence-corrected chi connectivity index (χ1v) is 5.98. The first-order valence-electron chi connectivity index (χ1n) is 5.61. The van der Waals surface area contributed by atoms with Gasteiger partial charge in [-0.25, -0.2) is 4.98 Å². The van der Waals surface area contributed by atoms with Crippen LogP contribution in [0.3, 0.4) is 0 Å². The van der Waals surface area contributed by atoms with Gasteiger partial charge in [0.25, 0.3) is 0 Å². The zero-order chi connectivity index (χ0) is 11.9. The maximum Gasteiger partial charge on any atom is 0.215 e. The molecule has 0 saturated carbocycles. The number of oxazole rings is 1. The van der Waals surface area contributed by atoms with E-state index < -0.39 is 5.54 Å². The van der Waals surface area contributed by atoms with Crippen molar-refractivity contribution in [2.75, 3.05) is 13.2 Å². The van der Waals surface area contributed by atoms with Crippen LogP contribution in [0.4, 0.5) is 0 Å². The second-order valence-electron chi connectivity index (χ2n) is 4.40. The lowest BCUT2D eigenvalue weighted by Crippen LogP contribution is -2.42. The van der Waals surface area contributed by atoms with E-state index in [9.17, 15) is 0 Å². The van der Waals surface area contributed by atoms with Crippen LogP contribution in [0.5, 0.6) is 0 Å². The summed E-state index contributed by atoms with van der Waals surface area (Å²) < 4.78 is 11.0. The van der Waals surface area contributed by atoms with E-state index in [1.54, 1.807) is 12.1 Å². The van der Waals surface area contributed by atoms with Crippen LogP contribution < -0.4 is 5.73 Å². The summed E-state index contributed by atoms with van der Waals surface area (Å²) in [5.74, 6) is 0.582. The maximum absolute atomic E-state index is 6.31. The fourth-order valence-corrected chi connectivity index (χ4v) is 2.22. The minimum absolute atomic E-state index is 0.510. The van der Waals surface area contributed by atoms with Crippen molar-refractivity contribution in [3.8, 4) is 0 Å². The zero-order valence-corrected chi connectivity index (χ0v) is 10.0. The van der Waals surface area contributed by atoms with Crippen molar-refractivity contribution in [2.24, 2.45) is 5.73 Å². The lowest BCUT2D eigenvalue weighted by atomic mass is 9.91. The quantitative estimate of drug-likeness (QED) is 0.847. The summed E-state index contributed by atoms with van der Waals surface area (Å²) in [6, 6.07) is 5.40. The third-order valence-electron chi connectivity index (χ3n) is 3.16. The van der Waals surface area contributed by atoms with Crippen LogP contribution in [0.2, 0.25) is 5.02 Å². The maximum atomic E-state index is 6.31. The van der Waals surface area contributed by atoms with Crippen molar-refractivity contribution in [2.45, 2.75) is 18.4 Å². The normalized spacial score (nSPS) is 19.6. The predicted molar refractivity (Wildman–Crippen MR) is 64.9 cm³/mol. The number of nitrogens with zero attached hydrogens (tertiary/aromatic N) is 1. The van der Waals surface area contributed by atoms with Gasteiger partial charge in [-0.2, -0.15) is 0 Å². The Morgan fingerprint density at radius 3 is 2.82 bits per heavy atom. The van der Waals surface area contributed by atoms with Gasteiger partial charge in [0, 0.05) is 24.3 Å². The SMILES string of the molecule is NC1(c2nc3ccc(Cl)cc3o2)CCOCC1. The van der Waals surface area contributed by atoms with Gasteiger partial charge in [-0.15, -0.1) is 0 Å². The molecule has 0 amide bonds. The molecular formula is C12H13ClN2O2. The molecule has 2 N–H and O–H groups in total. The molecule has 0 unspecified atom stereocenters. The average molecular weight is 253 g/mol. The molecule has 1 aliphatic heterocycles. The highest BCUT2D eigenvalue weighted by Gasteiger charge is 2.35. The van der Waals surface area contributed by atoms with Crippen molar-refractivity contribution in [1.29, 1.82) is 0 Å². The van der Waals surface area contributed by atoms with E-state index in [0.717, 1.165) is 18.4 Å². The Morgan fingerprint density at radius 1 is 1.29 bits per heavy atom. The Morgan fingerprint density at radius 2 is 2.06 bits per heavy atom. The first-order chi connectivity index (χ1) is 8.17. The van der Waals surface area contributed by atoms with Crippen LogP contribution in [0.25, 0.3) is 11.1 Å². The van der Waals surface area contributed by atoms with Crippen molar-refractivity contribution < 1.29 is 9.15 Å². The molecule has 1 aromatic carbocycles. The van der Waals surface area contributed by atoms with Crippen molar-refractivity contribution in [3.63, 3.8) is 0 Å². The second-order valence-corrected chi connectivity index (χ2v) is 4.84. The summed E-state index contributed by atoms with van der Waals surface area (Å²) in [5, 5.41) is 0.637. The molecule has 90 valence electrons. The van der Waals surface area contributed by atoms with Crippen molar-refractivity contribution >= 4 is 22.7 Å². The molecule has 17 heavy (non-hydrogen) atoms. The fourth-order valence-electron chi connectivity index (χ4n) is 2.06. The number of benzene rings is 1. The molecule has 0 radical (unpaired) electrons. The molecule has 0 bridgehead atoms. The molecule has 0 aliphatic carbocycles. The van der Waals surface area contributed by atoms with Gasteiger partial charge >= 0.3 is 0 Å². The van der Waals surface area contributed by atoms with E-state index in [2.05, 4.69) is 4.98 Å². The highest BCUT2D eigenvalue weighted by molar-refractivity contribution is 6.31. The molecule has 1 saturated heterocycles. The number of aromatic nitrogens is 1. The largest absolute Gasteiger partial charge is 0.439 e. The van der Waals surface area contributed by atoms with Gasteiger partial charge < -0.3 is 14.9 Å². The van der Waals surface area contributed by atoms with Gasteiger partial charge in [0.1, 0.15) is 5.52 Å². The summed E-state index contributed by atoms with van der Waals surface area (Å²) in [5.41, 5.74) is 7.28. The van der Waals surface area contributed by atoms with E-state index in [1.807, 2.05) is 6.07 Å². The third kappa shape index (κ3) is 1.92. The summed E-state index contributed by atoms with van der Waals surface area (Å²) >= 11 is 5.91. The molecule has 4 nitrogen and oxygen atoms in total. The minimum atomic E-state index is -0.510. The van der Waals surface area contributed by atoms with Gasteiger partial charge in [-0.1, -0.05) is 11.6 Å². The molecule has 2 heterocycles. The number of nitrogens with two attached hydrogens (primary N) is 1. The topological polar surface area (TPSA) is 61.3 Å². The lowest BCUT2D eigenvalue weighted by Gasteiger charge is -2.29. The number of ether oxygens (including phenoxy) is 1. The Balaban J connectivity index is 2.05. The summed E-state index contributed by atoms with van der Waals surface area (Å²) in [7, 11) is 0. The van der Waals surface area contributed by atoms with Crippen LogP contribution in [0, 0.1) is 0 Å². The van der Waals surface area contributed by atoms with E-state index in [4.69, 9.17) is 26.5 Å². The number of halogens is 1. The zero-order valence-electron chi connectivity index (χ0n) is 9.28. The number of fused-ring (bicyclic) bond motifs is 1. The smallest absolute Gasteiger partial charge is 0.215 e. The van der Waals surface area contributed by atoms with Gasteiger partial charge in [0.2, 0.25) is 5.89 Å². The van der Waals surface area contributed by atoms with Crippen LogP contribution >= 0.6 is 11.6 Å². The highest BCUT2D eigenvalue weighted by Crippen LogP contribution is 2.31. The lowest BCUT2D eigenvalue weighted by molar-refractivity contribution is 0.0429. The molecule has 1 aliphatic rings. The van der Waals surface area contributed by atoms with E-state index >= 15 is 0 Å². The average Bonchev–Trinajstić information content (AvgIpc) is 2.73. The van der Waals surface area contributed by atoms with Crippen molar-refractivity contribution in [3.05, 3.63) is 29.1 Å². The summed E-state index contributed by atoms with van der Waals surface area (Å²) in [6.45, 7) is 1.30. The highest BCUT2D eigenvalue weighted by atomic mass is 35.5. The fraction of sp³-hybridized carbons (Fsp3) is 0.417. The molecule has 2 aromatic rings. The molecule has 5 heteroatoms. The van der Waals surface area contributed by atoms with Gasteiger partial charge in [0.15, 0.2) is 5.58 Å². The Kier molecular flexibility index (Phi) is 2.58. The molecule has 1 fully saturated rings. The number of hydrogen-bond acceptors (Lipinski definition) is 4. The summed E-state index contributed by atoms with van der Waals surface area (Å²) in [4.78, 5) is 4.44. The Hall–Kier alpha value is -1.10. The van der Waals surface area contributed by atoms with E-state index in [0.29, 0.717) is 29.7 Å². The number of rotatable bonds is 1. The second kappa shape index (κ2) is 3.98. The predicted octanol–water partition coefficient (Wildman–Crippen LogP) is 2.45. The van der Waals surface area contributed by atoms with Gasteiger partial charge in [0.05, 0.1) is 5.54 Å². The molecule has 1 aromatic heterocycles. The minimum Gasteiger partial charge on any atom is -0.439 e. The molecule has 3 rings (SSSR count). The van der Waals surface area contributed by atoms with Crippen LogP contribution in [-0.2, 0) is 10.3 Å². The van der Waals surface area contributed by atoms with Gasteiger partial charge in [-0.3, -0.25) is 0 Å². The molecule has 0 spiro atoms. The summed E-state index contributed by atoms with van der Waals surface area (Å²) in [6.07, 6.45) is 1.46. The van der Waals surface area contributed by atoms with E-state index in [1.165, 1.54) is 0 Å². The Bertz CT molecular complexity index is 546. The monoisotopic (exact) mass is 252 g/mol. The van der Waals surface area contributed by atoms with Crippen molar-refractivity contribution in [1.82, 2.24) is 4.98 Å². The number of hydrogen-bond donors (Lipinski definition) is 1. The van der Waals surface area contributed by atoms with Crippen LogP contribution in [0.1, 0.15) is 18.7 Å². The standard InChI is InChI=1S/C12H13ClN2O2/c13-8-1-2-9-10(7-8)17-11(15-9)12(14)3-5-16-6-4-12/h1-2,7H,3-6,14H2. The van der Waals surface area contributed by atoms with E-state index in [-0.39, 0.29) is 0 Å². The first kappa shape index (κ1) is 11.0.